The van der Waals surface area contributed by atoms with Crippen LogP contribution in [0.25, 0.3) is 6.08 Å². The van der Waals surface area contributed by atoms with Crippen molar-refractivity contribution in [3.8, 4) is 11.5 Å². The van der Waals surface area contributed by atoms with E-state index in [0.29, 0.717) is 37.2 Å². The lowest BCUT2D eigenvalue weighted by Gasteiger charge is -2.35. The van der Waals surface area contributed by atoms with Crippen molar-refractivity contribution < 1.29 is 51.3 Å². The molecule has 0 aromatic heterocycles. The van der Waals surface area contributed by atoms with E-state index in [9.17, 15) is 32.4 Å². The molecule has 5 amide bonds. The van der Waals surface area contributed by atoms with E-state index >= 15 is 0 Å². The van der Waals surface area contributed by atoms with E-state index in [1.165, 1.54) is 15.9 Å². The van der Waals surface area contributed by atoms with Gasteiger partial charge in [0.2, 0.25) is 28.6 Å². The normalized spacial score (nSPS) is 29.2. The number of sulfonamides is 1. The number of hydrogen-bond donors (Lipinski definition) is 3. The van der Waals surface area contributed by atoms with Crippen molar-refractivity contribution in [1.82, 2.24) is 25.2 Å². The Labute approximate surface area is 307 Å². The lowest BCUT2D eigenvalue weighted by molar-refractivity contribution is -0.142. The van der Waals surface area contributed by atoms with Gasteiger partial charge in [-0.15, -0.1) is 6.58 Å². The van der Waals surface area contributed by atoms with Crippen molar-refractivity contribution in [2.45, 2.75) is 101 Å². The largest absolute Gasteiger partial charge is 0.454 e. The topological polar surface area (TPSA) is 199 Å². The fraction of sp³-hybridized carbons (Fsp3) is 0.583. The summed E-state index contributed by atoms with van der Waals surface area (Å²) in [6.45, 7) is 9.43. The molecule has 3 N–H and O–H groups in total. The van der Waals surface area contributed by atoms with Crippen LogP contribution in [0.5, 0.6) is 11.5 Å². The maximum atomic E-state index is 14.4. The Bertz CT molecular complexity index is 1890. The van der Waals surface area contributed by atoms with Gasteiger partial charge in [0.05, 0.1) is 24.9 Å². The third-order valence-corrected chi connectivity index (χ3v) is 12.5. The number of ether oxygens (including phenoxy) is 4. The lowest BCUT2D eigenvalue weighted by Crippen LogP contribution is -2.60. The number of amides is 5. The zero-order valence-electron chi connectivity index (χ0n) is 30.0. The van der Waals surface area contributed by atoms with Crippen molar-refractivity contribution in [1.29, 1.82) is 0 Å². The first-order valence-corrected chi connectivity index (χ1v) is 19.5. The van der Waals surface area contributed by atoms with Gasteiger partial charge >= 0.3 is 12.2 Å². The summed E-state index contributed by atoms with van der Waals surface area (Å²) in [5, 5.41) is 4.74. The third-order valence-electron chi connectivity index (χ3n) is 10.6. The van der Waals surface area contributed by atoms with Crippen LogP contribution < -0.4 is 24.8 Å². The van der Waals surface area contributed by atoms with Gasteiger partial charge in [-0.1, -0.05) is 39.0 Å². The van der Waals surface area contributed by atoms with Gasteiger partial charge in [0.15, 0.2) is 11.5 Å². The zero-order chi connectivity index (χ0) is 37.9. The van der Waals surface area contributed by atoms with Gasteiger partial charge in [0.25, 0.3) is 5.91 Å². The summed E-state index contributed by atoms with van der Waals surface area (Å²) in [5.74, 6) is -1.64. The van der Waals surface area contributed by atoms with Gasteiger partial charge in [0.1, 0.15) is 23.7 Å². The van der Waals surface area contributed by atoms with Gasteiger partial charge in [-0.3, -0.25) is 24.0 Å². The van der Waals surface area contributed by atoms with Crippen LogP contribution in [0, 0.1) is 11.3 Å². The zero-order valence-corrected chi connectivity index (χ0v) is 30.8. The molecule has 1 unspecified atom stereocenters. The van der Waals surface area contributed by atoms with Crippen molar-refractivity contribution in [2.24, 2.45) is 11.3 Å². The number of nitrogens with one attached hydrogen (secondary N) is 3. The average Bonchev–Trinajstić information content (AvgIpc) is 3.91. The van der Waals surface area contributed by atoms with Gasteiger partial charge in [-0.2, -0.15) is 0 Å². The van der Waals surface area contributed by atoms with E-state index in [1.807, 2.05) is 18.2 Å². The van der Waals surface area contributed by atoms with Crippen molar-refractivity contribution in [3.63, 3.8) is 0 Å². The maximum Gasteiger partial charge on any atom is 0.410 e. The molecule has 1 saturated heterocycles. The number of nitrogens with zero attached hydrogens (tertiary/aromatic N) is 2. The summed E-state index contributed by atoms with van der Waals surface area (Å²) >= 11 is 0. The van der Waals surface area contributed by atoms with Crippen LogP contribution in [0.15, 0.2) is 24.8 Å². The number of benzene rings is 1. The first-order valence-electron chi connectivity index (χ1n) is 17.9. The molecule has 5 atom stereocenters. The van der Waals surface area contributed by atoms with Crippen LogP contribution in [0.3, 0.4) is 0 Å². The van der Waals surface area contributed by atoms with Gasteiger partial charge in [0, 0.05) is 24.4 Å². The molecule has 7 rings (SSSR count). The lowest BCUT2D eigenvalue weighted by atomic mass is 9.85. The molecule has 17 heteroatoms. The van der Waals surface area contributed by atoms with Crippen LogP contribution in [0.4, 0.5) is 9.59 Å². The Morgan fingerprint density at radius 2 is 1.89 bits per heavy atom. The summed E-state index contributed by atoms with van der Waals surface area (Å²) < 4.78 is 50.3. The Hall–Kier alpha value is -4.80. The molecule has 4 heterocycles. The molecule has 2 saturated carbocycles. The summed E-state index contributed by atoms with van der Waals surface area (Å²) in [5.41, 5.74) is 0.0764. The number of rotatable bonds is 6. The van der Waals surface area contributed by atoms with Crippen LogP contribution in [-0.2, 0) is 47.0 Å². The first kappa shape index (κ1) is 36.6. The Balaban J connectivity index is 1.17. The second-order valence-electron chi connectivity index (χ2n) is 15.6. The standard InChI is InChI=1S/C36H45N5O11S/c1-5-21-15-36(21,32(44)39-53(47,48)23-10-11-23)38-30(42)26-14-22-17-41(26)31(43)29(35(2,3)4)37-33(45)49-12-8-6-7-9-24-25-18-40(34(46)52-22)16-20(25)13-27-28(24)51-19-50-27/h5,7,9,13,21-23,26,29H,1,6,8,10-12,14-19H2,2-4H3,(H,37,45)(H,38,42)(H,39,44)/b9-7-/t21-,22?,26-,29+,36-/m0/s1. The average molecular weight is 756 g/mol. The SMILES string of the molecule is C=C[C@H]1C[C@@]1(NC(=O)[C@@H]1CC2CN1C(=O)[C@H](C(C)(C)C)NC(=O)OCCC/C=C\c1c3c(cc4c1OCO4)CN(C3)C(=O)O2)C(=O)NS(=O)(=O)C1CC1. The third kappa shape index (κ3) is 7.14. The number of carbonyl (C=O) groups is 5. The highest BCUT2D eigenvalue weighted by atomic mass is 32.2. The van der Waals surface area contributed by atoms with E-state index in [0.717, 1.165) is 16.7 Å². The smallest absolute Gasteiger partial charge is 0.410 e. The number of hydrogen-bond acceptors (Lipinski definition) is 11. The molecule has 4 bridgehead atoms. The minimum Gasteiger partial charge on any atom is -0.454 e. The summed E-state index contributed by atoms with van der Waals surface area (Å²) in [6.07, 6.45) is 4.83. The van der Waals surface area contributed by atoms with Crippen LogP contribution in [0.2, 0.25) is 0 Å². The molecule has 1 aromatic rings. The highest BCUT2D eigenvalue weighted by Crippen LogP contribution is 2.46. The molecule has 1 aromatic carbocycles. The Morgan fingerprint density at radius 3 is 2.58 bits per heavy atom. The number of allylic oxidation sites excluding steroid dienone is 1. The quantitative estimate of drug-likeness (QED) is 0.361. The number of cyclic esters (lactones) is 1. The molecule has 2 aliphatic carbocycles. The molecule has 6 aliphatic rings. The Kier molecular flexibility index (Phi) is 9.35. The van der Waals surface area contributed by atoms with E-state index in [-0.39, 0.29) is 45.9 Å². The predicted octanol–water partition coefficient (Wildman–Crippen LogP) is 2.45. The van der Waals surface area contributed by atoms with Gasteiger partial charge in [-0.05, 0) is 54.7 Å². The number of fused-ring (bicyclic) bond motifs is 5. The predicted molar refractivity (Wildman–Crippen MR) is 187 cm³/mol. The van der Waals surface area contributed by atoms with Crippen molar-refractivity contribution in [3.05, 3.63) is 41.5 Å². The molecular weight excluding hydrogens is 710 g/mol. The highest BCUT2D eigenvalue weighted by Gasteiger charge is 2.62. The van der Waals surface area contributed by atoms with Crippen molar-refractivity contribution >= 4 is 46.0 Å². The van der Waals surface area contributed by atoms with Gasteiger partial charge in [-0.25, -0.2) is 18.0 Å². The second-order valence-corrected chi connectivity index (χ2v) is 17.5. The molecule has 4 aliphatic heterocycles. The summed E-state index contributed by atoms with van der Waals surface area (Å²) in [6, 6.07) is -0.548. The first-order chi connectivity index (χ1) is 25.1. The molecule has 53 heavy (non-hydrogen) atoms. The van der Waals surface area contributed by atoms with E-state index < -0.39 is 80.2 Å². The number of carbonyl (C=O) groups excluding carboxylic acids is 5. The molecule has 0 spiro atoms. The van der Waals surface area contributed by atoms with Crippen LogP contribution >= 0.6 is 0 Å². The van der Waals surface area contributed by atoms with E-state index in [4.69, 9.17) is 18.9 Å². The van der Waals surface area contributed by atoms with E-state index in [2.05, 4.69) is 21.9 Å². The molecular formula is C36H45N5O11S. The fourth-order valence-electron chi connectivity index (χ4n) is 7.40. The summed E-state index contributed by atoms with van der Waals surface area (Å²) in [4.78, 5) is 71.5. The Morgan fingerprint density at radius 1 is 1.11 bits per heavy atom. The molecule has 0 radical (unpaired) electrons. The molecule has 3 fully saturated rings. The van der Waals surface area contributed by atoms with Crippen molar-refractivity contribution in [2.75, 3.05) is 19.9 Å². The highest BCUT2D eigenvalue weighted by molar-refractivity contribution is 7.91. The fourth-order valence-corrected chi connectivity index (χ4v) is 8.76. The second kappa shape index (κ2) is 13.6. The minimum absolute atomic E-state index is 0.0733. The maximum absolute atomic E-state index is 14.4. The van der Waals surface area contributed by atoms with Gasteiger partial charge < -0.3 is 34.5 Å². The molecule has 16 nitrogen and oxygen atoms in total. The van der Waals surface area contributed by atoms with E-state index in [1.54, 1.807) is 20.8 Å². The van der Waals surface area contributed by atoms with Crippen LogP contribution in [0.1, 0.15) is 76.0 Å². The summed E-state index contributed by atoms with van der Waals surface area (Å²) in [7, 11) is -3.92. The van der Waals surface area contributed by atoms with Crippen LogP contribution in [-0.4, -0.2) is 97.0 Å². The molecule has 286 valence electrons. The minimum atomic E-state index is -3.92. The number of alkyl carbamates (subject to hydrolysis) is 1. The monoisotopic (exact) mass is 755 g/mol.